The number of aryl methyl sites for hydroxylation is 1. The third-order valence-electron chi connectivity index (χ3n) is 5.51. The van der Waals surface area contributed by atoms with Crippen molar-refractivity contribution in [1.29, 1.82) is 0 Å². The maximum Gasteiger partial charge on any atom is 0.236 e. The number of carbonyl (C=O) groups excluding carboxylic acids is 1. The van der Waals surface area contributed by atoms with Crippen molar-refractivity contribution in [2.75, 3.05) is 40.3 Å². The summed E-state index contributed by atoms with van der Waals surface area (Å²) in [6.45, 7) is 7.33. The van der Waals surface area contributed by atoms with E-state index in [1.165, 1.54) is 12.1 Å². The van der Waals surface area contributed by atoms with Crippen LogP contribution in [0.4, 0.5) is 4.39 Å². The highest BCUT2D eigenvalue weighted by Gasteiger charge is 2.22. The molecule has 1 fully saturated rings. The van der Waals surface area contributed by atoms with Crippen molar-refractivity contribution in [2.24, 2.45) is 4.99 Å². The predicted molar refractivity (Wildman–Crippen MR) is 117 cm³/mol. The molecule has 2 aromatic rings. The summed E-state index contributed by atoms with van der Waals surface area (Å²) in [6, 6.07) is 4.87. The Morgan fingerprint density at radius 3 is 2.73 bits per heavy atom. The van der Waals surface area contributed by atoms with Gasteiger partial charge < -0.3 is 20.0 Å². The number of carbonyl (C=O) groups is 1. The van der Waals surface area contributed by atoms with Crippen LogP contribution in [0.1, 0.15) is 31.1 Å². The molecule has 0 atom stereocenters. The molecule has 1 aliphatic heterocycles. The summed E-state index contributed by atoms with van der Waals surface area (Å²) in [5.74, 6) is 1.35. The predicted octanol–water partition coefficient (Wildman–Crippen LogP) is 2.49. The van der Waals surface area contributed by atoms with Gasteiger partial charge in [0.2, 0.25) is 5.91 Å². The smallest absolute Gasteiger partial charge is 0.236 e. The van der Waals surface area contributed by atoms with Crippen LogP contribution < -0.4 is 10.6 Å². The minimum absolute atomic E-state index is 0.136. The van der Waals surface area contributed by atoms with E-state index in [-0.39, 0.29) is 11.7 Å². The van der Waals surface area contributed by atoms with E-state index in [2.05, 4.69) is 20.5 Å². The highest BCUT2D eigenvalue weighted by Crippen LogP contribution is 2.26. The third-order valence-corrected chi connectivity index (χ3v) is 5.51. The summed E-state index contributed by atoms with van der Waals surface area (Å²) in [5.41, 5.74) is 1.60. The number of fused-ring (bicyclic) bond motifs is 1. The number of benzene rings is 1. The van der Waals surface area contributed by atoms with Gasteiger partial charge in [-0.2, -0.15) is 0 Å². The quantitative estimate of drug-likeness (QED) is 0.558. The van der Waals surface area contributed by atoms with Crippen LogP contribution in [0.15, 0.2) is 27.6 Å². The molecule has 30 heavy (non-hydrogen) atoms. The van der Waals surface area contributed by atoms with Gasteiger partial charge in [0, 0.05) is 50.7 Å². The second-order valence-corrected chi connectivity index (χ2v) is 7.97. The van der Waals surface area contributed by atoms with Crippen molar-refractivity contribution in [3.63, 3.8) is 0 Å². The van der Waals surface area contributed by atoms with Crippen molar-refractivity contribution >= 4 is 22.8 Å². The fourth-order valence-electron chi connectivity index (χ4n) is 3.63. The molecule has 0 radical (unpaired) electrons. The lowest BCUT2D eigenvalue weighted by atomic mass is 10.1. The van der Waals surface area contributed by atoms with Crippen LogP contribution in [0.25, 0.3) is 11.0 Å². The molecule has 2 heterocycles. The topological polar surface area (TPSA) is 73.1 Å². The number of aliphatic imine (C=N–C) groups is 1. The van der Waals surface area contributed by atoms with Crippen LogP contribution in [-0.2, 0) is 11.3 Å². The van der Waals surface area contributed by atoms with Gasteiger partial charge in [0.1, 0.15) is 23.7 Å². The van der Waals surface area contributed by atoms with Gasteiger partial charge in [0.05, 0.1) is 6.54 Å². The van der Waals surface area contributed by atoms with E-state index in [0.717, 1.165) is 55.1 Å². The van der Waals surface area contributed by atoms with Crippen LogP contribution in [0.5, 0.6) is 0 Å². The van der Waals surface area contributed by atoms with Gasteiger partial charge in [-0.1, -0.05) is 0 Å². The first kappa shape index (κ1) is 22.1. The van der Waals surface area contributed by atoms with Crippen LogP contribution in [0, 0.1) is 12.7 Å². The van der Waals surface area contributed by atoms with Gasteiger partial charge in [0.15, 0.2) is 5.96 Å². The van der Waals surface area contributed by atoms with Crippen LogP contribution in [-0.4, -0.2) is 68.0 Å². The maximum absolute atomic E-state index is 13.5. The van der Waals surface area contributed by atoms with Crippen molar-refractivity contribution < 1.29 is 13.6 Å². The zero-order chi connectivity index (χ0) is 21.7. The summed E-state index contributed by atoms with van der Waals surface area (Å²) in [4.78, 5) is 20.4. The molecule has 0 aliphatic carbocycles. The summed E-state index contributed by atoms with van der Waals surface area (Å²) in [7, 11) is 3.58. The molecule has 0 unspecified atom stereocenters. The average Bonchev–Trinajstić information content (AvgIpc) is 3.03. The minimum Gasteiger partial charge on any atom is -0.459 e. The molecule has 8 heteroatoms. The standard InChI is InChI=1S/C22H32FN5O2/c1-5-24-22(26-17-8-10-28(11-9-17)14-21(29)27(3)4)25-13-20-15(2)18-12-16(23)6-7-19(18)30-20/h6-7,12,17H,5,8-11,13-14H2,1-4H3,(H2,24,25,26). The number of amides is 1. The van der Waals surface area contributed by atoms with Crippen molar-refractivity contribution in [1.82, 2.24) is 20.4 Å². The largest absolute Gasteiger partial charge is 0.459 e. The second kappa shape index (κ2) is 9.93. The van der Waals surface area contributed by atoms with E-state index < -0.39 is 0 Å². The number of furan rings is 1. The molecule has 0 saturated carbocycles. The van der Waals surface area contributed by atoms with E-state index in [9.17, 15) is 9.18 Å². The SMILES string of the molecule is CCNC(=NCc1oc2ccc(F)cc2c1C)NC1CCN(CC(=O)N(C)C)CC1. The zero-order valence-electron chi connectivity index (χ0n) is 18.3. The Morgan fingerprint density at radius 1 is 1.33 bits per heavy atom. The molecule has 0 bridgehead atoms. The molecule has 1 aliphatic rings. The number of hydrogen-bond donors (Lipinski definition) is 2. The van der Waals surface area contributed by atoms with Crippen LogP contribution in [0.2, 0.25) is 0 Å². The number of nitrogens with one attached hydrogen (secondary N) is 2. The van der Waals surface area contributed by atoms with Gasteiger partial charge in [-0.3, -0.25) is 9.69 Å². The molecule has 0 spiro atoms. The lowest BCUT2D eigenvalue weighted by Crippen LogP contribution is -2.50. The minimum atomic E-state index is -0.268. The number of hydrogen-bond acceptors (Lipinski definition) is 4. The first-order valence-corrected chi connectivity index (χ1v) is 10.5. The van der Waals surface area contributed by atoms with Crippen LogP contribution >= 0.6 is 0 Å². The Morgan fingerprint density at radius 2 is 2.07 bits per heavy atom. The van der Waals surface area contributed by atoms with Crippen molar-refractivity contribution in [3.05, 3.63) is 35.3 Å². The Labute approximate surface area is 177 Å². The van der Waals surface area contributed by atoms with E-state index in [1.54, 1.807) is 25.1 Å². The molecular weight excluding hydrogens is 385 g/mol. The Balaban J connectivity index is 1.59. The Hall–Kier alpha value is -2.61. The number of likely N-dealkylation sites (tertiary alicyclic amines) is 1. The molecule has 3 rings (SSSR count). The number of piperidine rings is 1. The number of halogens is 1. The molecule has 7 nitrogen and oxygen atoms in total. The zero-order valence-corrected chi connectivity index (χ0v) is 18.3. The van der Waals surface area contributed by atoms with Gasteiger partial charge in [0.25, 0.3) is 0 Å². The van der Waals surface area contributed by atoms with Gasteiger partial charge in [-0.25, -0.2) is 9.38 Å². The number of nitrogens with zero attached hydrogens (tertiary/aromatic N) is 3. The summed E-state index contributed by atoms with van der Waals surface area (Å²) >= 11 is 0. The van der Waals surface area contributed by atoms with E-state index in [0.29, 0.717) is 24.7 Å². The molecule has 164 valence electrons. The molecule has 1 aromatic carbocycles. The molecule has 1 saturated heterocycles. The summed E-state index contributed by atoms with van der Waals surface area (Å²) in [6.07, 6.45) is 1.90. The summed E-state index contributed by atoms with van der Waals surface area (Å²) in [5, 5.41) is 7.57. The lowest BCUT2D eigenvalue weighted by Gasteiger charge is -2.33. The molecule has 1 amide bonds. The fraction of sp³-hybridized carbons (Fsp3) is 0.545. The number of likely N-dealkylation sites (N-methyl/N-ethyl adjacent to an activating group) is 1. The van der Waals surface area contributed by atoms with Gasteiger partial charge >= 0.3 is 0 Å². The molecule has 2 N–H and O–H groups in total. The first-order chi connectivity index (χ1) is 14.4. The van der Waals surface area contributed by atoms with Crippen molar-refractivity contribution in [3.8, 4) is 0 Å². The van der Waals surface area contributed by atoms with Gasteiger partial charge in [-0.15, -0.1) is 0 Å². The van der Waals surface area contributed by atoms with Crippen LogP contribution in [0.3, 0.4) is 0 Å². The van der Waals surface area contributed by atoms with E-state index >= 15 is 0 Å². The maximum atomic E-state index is 13.5. The molecular formula is C22H32FN5O2. The Kier molecular flexibility index (Phi) is 7.31. The summed E-state index contributed by atoms with van der Waals surface area (Å²) < 4.78 is 19.4. The lowest BCUT2D eigenvalue weighted by molar-refractivity contribution is -0.130. The Bertz CT molecular complexity index is 900. The third kappa shape index (κ3) is 5.50. The number of guanidine groups is 1. The molecule has 1 aromatic heterocycles. The number of rotatable bonds is 6. The van der Waals surface area contributed by atoms with Gasteiger partial charge in [-0.05, 0) is 44.9 Å². The fourth-order valence-corrected chi connectivity index (χ4v) is 3.63. The average molecular weight is 418 g/mol. The van der Waals surface area contributed by atoms with E-state index in [4.69, 9.17) is 4.42 Å². The van der Waals surface area contributed by atoms with Crippen molar-refractivity contribution in [2.45, 2.75) is 39.3 Å². The first-order valence-electron chi connectivity index (χ1n) is 10.5. The second-order valence-electron chi connectivity index (χ2n) is 7.97. The monoisotopic (exact) mass is 417 g/mol. The van der Waals surface area contributed by atoms with E-state index in [1.807, 2.05) is 13.8 Å². The highest BCUT2D eigenvalue weighted by molar-refractivity contribution is 5.83. The highest BCUT2D eigenvalue weighted by atomic mass is 19.1. The normalized spacial score (nSPS) is 16.1.